The molecule has 140 valence electrons. The highest BCUT2D eigenvalue weighted by atomic mass is 16.1. The Hall–Kier alpha value is -4.40. The summed E-state index contributed by atoms with van der Waals surface area (Å²) in [5, 5.41) is 14.4. The zero-order valence-corrected chi connectivity index (χ0v) is 15.0. The number of hydrogen-bond donors (Lipinski definition) is 2. The summed E-state index contributed by atoms with van der Waals surface area (Å²) >= 11 is 0. The second-order valence-corrected chi connectivity index (χ2v) is 6.38. The number of benzene rings is 2. The lowest BCUT2D eigenvalue weighted by Gasteiger charge is -2.11. The van der Waals surface area contributed by atoms with Crippen molar-refractivity contribution in [2.24, 2.45) is 0 Å². The van der Waals surface area contributed by atoms with Crippen LogP contribution in [0.25, 0.3) is 39.1 Å². The minimum Gasteiger partial charge on any atom is -0.369 e. The number of H-pyrrole nitrogens is 1. The molecule has 0 aliphatic carbocycles. The maximum absolute atomic E-state index is 13.2. The van der Waals surface area contributed by atoms with Gasteiger partial charge in [-0.15, -0.1) is 10.2 Å². The number of para-hydroxylation sites is 1. The molecule has 0 atom stereocenters. The number of nitrogen functional groups attached to an aromatic ring is 1. The number of nitrogens with two attached hydrogens (primary N) is 1. The topological polar surface area (TPSA) is 128 Å². The maximum Gasteiger partial charge on any atom is 0.267 e. The Morgan fingerprint density at radius 2 is 1.76 bits per heavy atom. The Labute approximate surface area is 163 Å². The predicted molar refractivity (Wildman–Crippen MR) is 108 cm³/mol. The normalized spacial score (nSPS) is 11.0. The summed E-state index contributed by atoms with van der Waals surface area (Å²) < 4.78 is 1.40. The highest BCUT2D eigenvalue weighted by Gasteiger charge is 2.12. The second kappa shape index (κ2) is 6.64. The van der Waals surface area contributed by atoms with E-state index in [1.54, 1.807) is 24.5 Å². The third kappa shape index (κ3) is 2.90. The summed E-state index contributed by atoms with van der Waals surface area (Å²) in [5.41, 5.74) is 9.37. The molecule has 0 radical (unpaired) electrons. The summed E-state index contributed by atoms with van der Waals surface area (Å²) in [4.78, 5) is 21.8. The minimum atomic E-state index is -0.233. The van der Waals surface area contributed by atoms with Gasteiger partial charge in [-0.2, -0.15) is 5.21 Å². The quantitative estimate of drug-likeness (QED) is 0.489. The summed E-state index contributed by atoms with van der Waals surface area (Å²) in [7, 11) is 0. The van der Waals surface area contributed by atoms with Crippen molar-refractivity contribution in [1.82, 2.24) is 35.2 Å². The van der Waals surface area contributed by atoms with E-state index >= 15 is 0 Å². The molecule has 0 saturated heterocycles. The zero-order chi connectivity index (χ0) is 19.8. The van der Waals surface area contributed by atoms with E-state index in [1.165, 1.54) is 4.57 Å². The molecule has 3 N–H and O–H groups in total. The molecule has 0 bridgehead atoms. The van der Waals surface area contributed by atoms with Crippen LogP contribution in [0.3, 0.4) is 0 Å². The molecule has 3 aromatic heterocycles. The number of rotatable bonds is 3. The summed E-state index contributed by atoms with van der Waals surface area (Å²) in [5.74, 6) is 0.586. The smallest absolute Gasteiger partial charge is 0.267 e. The second-order valence-electron chi connectivity index (χ2n) is 6.38. The van der Waals surface area contributed by atoms with Crippen LogP contribution in [0.2, 0.25) is 0 Å². The third-order valence-corrected chi connectivity index (χ3v) is 4.58. The lowest BCUT2D eigenvalue weighted by molar-refractivity contribution is 0.881. The Morgan fingerprint density at radius 3 is 2.55 bits per heavy atom. The van der Waals surface area contributed by atoms with Crippen molar-refractivity contribution in [3.8, 4) is 28.2 Å². The molecule has 0 aliphatic heterocycles. The molecule has 9 nitrogen and oxygen atoms in total. The highest BCUT2D eigenvalue weighted by Crippen LogP contribution is 2.25. The van der Waals surface area contributed by atoms with Gasteiger partial charge >= 0.3 is 0 Å². The number of pyridine rings is 1. The van der Waals surface area contributed by atoms with Crippen LogP contribution in [0, 0.1) is 0 Å². The van der Waals surface area contributed by atoms with Gasteiger partial charge in [-0.1, -0.05) is 24.3 Å². The van der Waals surface area contributed by atoms with Crippen LogP contribution in [-0.2, 0) is 0 Å². The van der Waals surface area contributed by atoms with Gasteiger partial charge in [0.1, 0.15) is 0 Å². The molecule has 2 aromatic carbocycles. The van der Waals surface area contributed by atoms with Gasteiger partial charge in [-0.25, -0.2) is 9.55 Å². The number of fused-ring (bicyclic) bond motifs is 1. The molecule has 0 spiro atoms. The zero-order valence-electron chi connectivity index (χ0n) is 15.0. The molecule has 3 heterocycles. The fraction of sp³-hybridized carbons (Fsp3) is 0. The first-order valence-electron chi connectivity index (χ1n) is 8.78. The van der Waals surface area contributed by atoms with Crippen LogP contribution in [-0.4, -0.2) is 35.2 Å². The Morgan fingerprint density at radius 1 is 0.931 bits per heavy atom. The van der Waals surface area contributed by atoms with E-state index in [-0.39, 0.29) is 11.5 Å². The third-order valence-electron chi connectivity index (χ3n) is 4.58. The van der Waals surface area contributed by atoms with Crippen LogP contribution in [0.5, 0.6) is 0 Å². The summed E-state index contributed by atoms with van der Waals surface area (Å²) in [6, 6.07) is 16.5. The molecule has 0 unspecified atom stereocenters. The monoisotopic (exact) mass is 382 g/mol. The number of nitrogens with one attached hydrogen (secondary N) is 1. The van der Waals surface area contributed by atoms with E-state index < -0.39 is 0 Å². The van der Waals surface area contributed by atoms with Gasteiger partial charge in [0.15, 0.2) is 0 Å². The lowest BCUT2D eigenvalue weighted by atomic mass is 10.0. The number of anilines is 1. The van der Waals surface area contributed by atoms with Crippen LogP contribution < -0.4 is 11.3 Å². The first-order chi connectivity index (χ1) is 14.2. The van der Waals surface area contributed by atoms with Gasteiger partial charge in [0, 0.05) is 23.5 Å². The summed E-state index contributed by atoms with van der Waals surface area (Å²) in [6.07, 6.45) is 3.37. The van der Waals surface area contributed by atoms with Crippen LogP contribution in [0.15, 0.2) is 71.8 Å². The van der Waals surface area contributed by atoms with Crippen molar-refractivity contribution < 1.29 is 0 Å². The van der Waals surface area contributed by atoms with Crippen molar-refractivity contribution >= 4 is 16.9 Å². The average molecular weight is 382 g/mol. The van der Waals surface area contributed by atoms with Crippen LogP contribution in [0.1, 0.15) is 0 Å². The van der Waals surface area contributed by atoms with Crippen molar-refractivity contribution in [2.45, 2.75) is 0 Å². The molecule has 5 rings (SSSR count). The Balaban J connectivity index is 1.68. The van der Waals surface area contributed by atoms with Gasteiger partial charge in [0.25, 0.3) is 5.56 Å². The Kier molecular flexibility index (Phi) is 3.84. The van der Waals surface area contributed by atoms with E-state index in [9.17, 15) is 4.79 Å². The minimum absolute atomic E-state index is 0.141. The molecule has 9 heteroatoms. The highest BCUT2D eigenvalue weighted by molar-refractivity contribution is 5.85. The van der Waals surface area contributed by atoms with Crippen molar-refractivity contribution in [1.29, 1.82) is 0 Å². The van der Waals surface area contributed by atoms with Gasteiger partial charge in [-0.3, -0.25) is 9.78 Å². The van der Waals surface area contributed by atoms with Crippen molar-refractivity contribution in [2.75, 3.05) is 5.73 Å². The standard InChI is InChI=1S/C20H14N8O/c21-20-23-17-7-6-12(13-8-14(11-22-10-13)18-24-26-27-25-18)9-16(17)19(29)28(20)15-4-2-1-3-5-15/h1-11H,(H2,21,23)(H,24,25,26,27). The number of aromatic nitrogens is 7. The SMILES string of the molecule is Nc1nc2ccc(-c3cncc(-c4nn[nH]n4)c3)cc2c(=O)n1-c1ccccc1. The van der Waals surface area contributed by atoms with E-state index in [0.717, 1.165) is 11.1 Å². The van der Waals surface area contributed by atoms with Crippen LogP contribution in [0.4, 0.5) is 5.95 Å². The van der Waals surface area contributed by atoms with Crippen molar-refractivity contribution in [3.05, 3.63) is 77.3 Å². The number of hydrogen-bond acceptors (Lipinski definition) is 7. The first kappa shape index (κ1) is 16.8. The Bertz CT molecular complexity index is 1380. The molecular weight excluding hydrogens is 368 g/mol. The van der Waals surface area contributed by atoms with Gasteiger partial charge in [0.05, 0.1) is 16.6 Å². The van der Waals surface area contributed by atoms with Crippen molar-refractivity contribution in [3.63, 3.8) is 0 Å². The van der Waals surface area contributed by atoms with Crippen LogP contribution >= 0.6 is 0 Å². The fourth-order valence-corrected chi connectivity index (χ4v) is 3.21. The van der Waals surface area contributed by atoms with Gasteiger partial charge < -0.3 is 5.73 Å². The average Bonchev–Trinajstić information content (AvgIpc) is 3.30. The first-order valence-corrected chi connectivity index (χ1v) is 8.78. The molecule has 0 saturated carbocycles. The fourth-order valence-electron chi connectivity index (χ4n) is 3.21. The molecule has 29 heavy (non-hydrogen) atoms. The maximum atomic E-state index is 13.2. The molecule has 0 amide bonds. The van der Waals surface area contributed by atoms with Gasteiger partial charge in [0.2, 0.25) is 11.8 Å². The summed E-state index contributed by atoms with van der Waals surface area (Å²) in [6.45, 7) is 0. The van der Waals surface area contributed by atoms with E-state index in [2.05, 4.69) is 30.6 Å². The number of aromatic amines is 1. The predicted octanol–water partition coefficient (Wildman–Crippen LogP) is 2.21. The van der Waals surface area contributed by atoms with E-state index in [0.29, 0.717) is 28.0 Å². The molecule has 5 aromatic rings. The van der Waals surface area contributed by atoms with E-state index in [1.807, 2.05) is 42.5 Å². The molecular formula is C20H14N8O. The number of nitrogens with zero attached hydrogens (tertiary/aromatic N) is 6. The van der Waals surface area contributed by atoms with E-state index in [4.69, 9.17) is 5.73 Å². The largest absolute Gasteiger partial charge is 0.369 e. The lowest BCUT2D eigenvalue weighted by Crippen LogP contribution is -2.23. The number of tetrazole rings is 1. The molecule has 0 aliphatic rings. The molecule has 0 fully saturated rings. The van der Waals surface area contributed by atoms with Gasteiger partial charge in [-0.05, 0) is 41.1 Å².